The SMILES string of the molecule is Cc1c(Cl)cccc1NC(=O)CC(=O)N[C@H]1CCCN(Cc2ccccc2F)C1. The molecule has 2 aromatic rings. The number of amides is 2. The largest absolute Gasteiger partial charge is 0.352 e. The maximum atomic E-state index is 13.9. The summed E-state index contributed by atoms with van der Waals surface area (Å²) in [7, 11) is 0. The van der Waals surface area contributed by atoms with Gasteiger partial charge in [-0.05, 0) is 50.1 Å². The molecule has 0 unspecified atom stereocenters. The van der Waals surface area contributed by atoms with Gasteiger partial charge in [-0.25, -0.2) is 4.39 Å². The minimum Gasteiger partial charge on any atom is -0.352 e. The van der Waals surface area contributed by atoms with Crippen LogP contribution in [0.25, 0.3) is 0 Å². The molecule has 0 radical (unpaired) electrons. The molecular weight excluding hydrogens is 393 g/mol. The van der Waals surface area contributed by atoms with Crippen molar-refractivity contribution in [1.29, 1.82) is 0 Å². The van der Waals surface area contributed by atoms with Crippen molar-refractivity contribution in [2.75, 3.05) is 18.4 Å². The van der Waals surface area contributed by atoms with Crippen LogP contribution in [0.1, 0.15) is 30.4 Å². The van der Waals surface area contributed by atoms with Gasteiger partial charge in [-0.1, -0.05) is 35.9 Å². The Morgan fingerprint density at radius 1 is 1.17 bits per heavy atom. The molecule has 1 atom stereocenters. The fraction of sp³-hybridized carbons (Fsp3) is 0.364. The molecule has 1 heterocycles. The number of piperidine rings is 1. The smallest absolute Gasteiger partial charge is 0.233 e. The third kappa shape index (κ3) is 6.02. The second kappa shape index (κ2) is 9.85. The molecule has 0 aromatic heterocycles. The zero-order chi connectivity index (χ0) is 20.8. The molecule has 1 fully saturated rings. The van der Waals surface area contributed by atoms with E-state index in [4.69, 9.17) is 11.6 Å². The Morgan fingerprint density at radius 3 is 2.76 bits per heavy atom. The van der Waals surface area contributed by atoms with Crippen molar-refractivity contribution in [2.24, 2.45) is 0 Å². The number of anilines is 1. The highest BCUT2D eigenvalue weighted by molar-refractivity contribution is 6.31. The predicted molar refractivity (Wildman–Crippen MR) is 112 cm³/mol. The van der Waals surface area contributed by atoms with Gasteiger partial charge in [-0.3, -0.25) is 14.5 Å². The van der Waals surface area contributed by atoms with E-state index in [2.05, 4.69) is 15.5 Å². The van der Waals surface area contributed by atoms with Crippen LogP contribution in [0, 0.1) is 12.7 Å². The van der Waals surface area contributed by atoms with E-state index < -0.39 is 0 Å². The quantitative estimate of drug-likeness (QED) is 0.701. The summed E-state index contributed by atoms with van der Waals surface area (Å²) in [5.41, 5.74) is 2.01. The van der Waals surface area contributed by atoms with Gasteiger partial charge in [0.2, 0.25) is 11.8 Å². The van der Waals surface area contributed by atoms with Gasteiger partial charge in [0.05, 0.1) is 0 Å². The highest BCUT2D eigenvalue weighted by Crippen LogP contribution is 2.23. The summed E-state index contributed by atoms with van der Waals surface area (Å²) in [5.74, 6) is -0.918. The van der Waals surface area contributed by atoms with Crippen molar-refractivity contribution in [3.05, 3.63) is 64.4 Å². The van der Waals surface area contributed by atoms with Crippen molar-refractivity contribution in [2.45, 2.75) is 38.8 Å². The fourth-order valence-corrected chi connectivity index (χ4v) is 3.72. The van der Waals surface area contributed by atoms with E-state index in [1.807, 2.05) is 13.0 Å². The molecule has 7 heteroatoms. The molecule has 154 valence electrons. The lowest BCUT2D eigenvalue weighted by Gasteiger charge is -2.33. The zero-order valence-electron chi connectivity index (χ0n) is 16.4. The molecule has 1 saturated heterocycles. The lowest BCUT2D eigenvalue weighted by atomic mass is 10.0. The average molecular weight is 418 g/mol. The van der Waals surface area contributed by atoms with Crippen LogP contribution < -0.4 is 10.6 Å². The van der Waals surface area contributed by atoms with Crippen LogP contribution in [0.15, 0.2) is 42.5 Å². The van der Waals surface area contributed by atoms with Gasteiger partial charge in [0, 0.05) is 35.4 Å². The van der Waals surface area contributed by atoms with Crippen LogP contribution in [0.4, 0.5) is 10.1 Å². The maximum Gasteiger partial charge on any atom is 0.233 e. The summed E-state index contributed by atoms with van der Waals surface area (Å²) in [6, 6.07) is 11.9. The van der Waals surface area contributed by atoms with Gasteiger partial charge in [0.15, 0.2) is 0 Å². The zero-order valence-corrected chi connectivity index (χ0v) is 17.1. The van der Waals surface area contributed by atoms with Gasteiger partial charge < -0.3 is 10.6 Å². The fourth-order valence-electron chi connectivity index (χ4n) is 3.55. The standard InChI is InChI=1S/C22H25ClFN3O2/c1-15-18(23)8-4-10-20(15)26-22(29)12-21(28)25-17-7-5-11-27(14-17)13-16-6-2-3-9-19(16)24/h2-4,6,8-10,17H,5,7,11-14H2,1H3,(H,25,28)(H,26,29)/t17-/m0/s1. The molecular formula is C22H25ClFN3O2. The van der Waals surface area contributed by atoms with E-state index in [1.54, 1.807) is 30.3 Å². The number of carbonyl (C=O) groups is 2. The van der Waals surface area contributed by atoms with Crippen LogP contribution in [0.5, 0.6) is 0 Å². The number of hydrogen-bond acceptors (Lipinski definition) is 3. The van der Waals surface area contributed by atoms with E-state index in [9.17, 15) is 14.0 Å². The first-order valence-corrected chi connectivity index (χ1v) is 10.1. The van der Waals surface area contributed by atoms with Gasteiger partial charge >= 0.3 is 0 Å². The number of nitrogens with zero attached hydrogens (tertiary/aromatic N) is 1. The summed E-state index contributed by atoms with van der Waals surface area (Å²) in [4.78, 5) is 26.6. The van der Waals surface area contributed by atoms with Crippen molar-refractivity contribution in [1.82, 2.24) is 10.2 Å². The molecule has 2 amide bonds. The third-order valence-corrected chi connectivity index (χ3v) is 5.49. The number of hydrogen-bond donors (Lipinski definition) is 2. The minimum atomic E-state index is -0.383. The van der Waals surface area contributed by atoms with Crippen LogP contribution >= 0.6 is 11.6 Å². The second-order valence-electron chi connectivity index (χ2n) is 7.37. The van der Waals surface area contributed by atoms with Crippen molar-refractivity contribution in [3.8, 4) is 0 Å². The van der Waals surface area contributed by atoms with E-state index in [0.29, 0.717) is 29.4 Å². The van der Waals surface area contributed by atoms with Gasteiger partial charge in [-0.15, -0.1) is 0 Å². The highest BCUT2D eigenvalue weighted by Gasteiger charge is 2.23. The first-order chi connectivity index (χ1) is 13.9. The number of likely N-dealkylation sites (tertiary alicyclic amines) is 1. The lowest BCUT2D eigenvalue weighted by Crippen LogP contribution is -2.48. The number of benzene rings is 2. The Bertz CT molecular complexity index is 890. The molecule has 2 N–H and O–H groups in total. The first-order valence-electron chi connectivity index (χ1n) is 9.72. The predicted octanol–water partition coefficient (Wildman–Crippen LogP) is 3.90. The molecule has 1 aliphatic rings. The molecule has 0 spiro atoms. The molecule has 0 bridgehead atoms. The Hall–Kier alpha value is -2.44. The molecule has 3 rings (SSSR count). The van der Waals surface area contributed by atoms with Crippen molar-refractivity contribution >= 4 is 29.1 Å². The molecule has 0 aliphatic carbocycles. The molecule has 1 aliphatic heterocycles. The normalized spacial score (nSPS) is 17.0. The monoisotopic (exact) mass is 417 g/mol. The summed E-state index contributed by atoms with van der Waals surface area (Å²) < 4.78 is 13.9. The van der Waals surface area contributed by atoms with E-state index in [-0.39, 0.29) is 30.1 Å². The van der Waals surface area contributed by atoms with Crippen molar-refractivity contribution < 1.29 is 14.0 Å². The topological polar surface area (TPSA) is 61.4 Å². The summed E-state index contributed by atoms with van der Waals surface area (Å²) in [6.07, 6.45) is 1.50. The molecule has 0 saturated carbocycles. The van der Waals surface area contributed by atoms with Crippen molar-refractivity contribution in [3.63, 3.8) is 0 Å². The van der Waals surface area contributed by atoms with Crippen LogP contribution in [0.3, 0.4) is 0 Å². The number of nitrogens with one attached hydrogen (secondary N) is 2. The lowest BCUT2D eigenvalue weighted by molar-refractivity contribution is -0.127. The third-order valence-electron chi connectivity index (χ3n) is 5.09. The molecule has 29 heavy (non-hydrogen) atoms. The van der Waals surface area contributed by atoms with E-state index in [0.717, 1.165) is 24.9 Å². The van der Waals surface area contributed by atoms with Crippen LogP contribution in [0.2, 0.25) is 5.02 Å². The summed E-state index contributed by atoms with van der Waals surface area (Å²) in [6.45, 7) is 3.81. The maximum absolute atomic E-state index is 13.9. The van der Waals surface area contributed by atoms with Gasteiger partial charge in [0.25, 0.3) is 0 Å². The first kappa shape index (κ1) is 21.3. The summed E-state index contributed by atoms with van der Waals surface area (Å²) in [5, 5.41) is 6.22. The van der Waals surface area contributed by atoms with Crippen LogP contribution in [-0.4, -0.2) is 35.8 Å². The molecule has 5 nitrogen and oxygen atoms in total. The Morgan fingerprint density at radius 2 is 1.97 bits per heavy atom. The minimum absolute atomic E-state index is 0.0521. The Kier molecular flexibility index (Phi) is 7.23. The average Bonchev–Trinajstić information content (AvgIpc) is 2.67. The number of carbonyl (C=O) groups excluding carboxylic acids is 2. The number of halogens is 2. The second-order valence-corrected chi connectivity index (χ2v) is 7.78. The van der Waals surface area contributed by atoms with Gasteiger partial charge in [-0.2, -0.15) is 0 Å². The summed E-state index contributed by atoms with van der Waals surface area (Å²) >= 11 is 6.05. The van der Waals surface area contributed by atoms with E-state index in [1.165, 1.54) is 6.07 Å². The number of rotatable bonds is 6. The molecule has 2 aromatic carbocycles. The Balaban J connectivity index is 1.49. The van der Waals surface area contributed by atoms with Crippen LogP contribution in [-0.2, 0) is 16.1 Å². The van der Waals surface area contributed by atoms with Gasteiger partial charge in [0.1, 0.15) is 12.2 Å². The highest BCUT2D eigenvalue weighted by atomic mass is 35.5. The Labute approximate surface area is 175 Å². The van der Waals surface area contributed by atoms with E-state index >= 15 is 0 Å².